The topological polar surface area (TPSA) is 89.5 Å². The van der Waals surface area contributed by atoms with E-state index in [1.54, 1.807) is 92.3 Å². The number of sulfone groups is 1. The lowest BCUT2D eigenvalue weighted by molar-refractivity contribution is 0.0356. The molecular formula is C72H60O8S7. The summed E-state index contributed by atoms with van der Waals surface area (Å²) in [4.78, 5) is 13.7. The normalized spacial score (nSPS) is 11.7. The maximum atomic E-state index is 13.7. The summed E-state index contributed by atoms with van der Waals surface area (Å²) in [5.41, 5.74) is 4.60. The predicted molar refractivity (Wildman–Crippen MR) is 360 cm³/mol. The zero-order valence-electron chi connectivity index (χ0n) is 48.0. The second-order valence-electron chi connectivity index (χ2n) is 19.8. The first-order chi connectivity index (χ1) is 42.7. The molecule has 0 aliphatic carbocycles. The Morgan fingerprint density at radius 2 is 0.598 bits per heavy atom. The van der Waals surface area contributed by atoms with E-state index in [2.05, 4.69) is 122 Å². The third kappa shape index (κ3) is 16.7. The van der Waals surface area contributed by atoms with Crippen LogP contribution in [-0.4, -0.2) is 74.5 Å². The van der Waals surface area contributed by atoms with Gasteiger partial charge in [-0.2, -0.15) is 0 Å². The van der Waals surface area contributed by atoms with Crippen molar-refractivity contribution in [2.45, 2.75) is 49.3 Å². The average molecular weight is 1280 g/mol. The summed E-state index contributed by atoms with van der Waals surface area (Å²) < 4.78 is 61.4. The zero-order valence-corrected chi connectivity index (χ0v) is 53.7. The van der Waals surface area contributed by atoms with Crippen LogP contribution in [0.1, 0.15) is 81.3 Å². The van der Waals surface area contributed by atoms with Gasteiger partial charge >= 0.3 is 0 Å². The Morgan fingerprint density at radius 1 is 0.310 bits per heavy atom. The maximum absolute atomic E-state index is 13.7. The molecule has 4 aromatic carbocycles. The molecule has 87 heavy (non-hydrogen) atoms. The van der Waals surface area contributed by atoms with Crippen molar-refractivity contribution < 1.29 is 36.8 Å². The molecule has 7 heterocycles. The Kier molecular flexibility index (Phi) is 21.6. The summed E-state index contributed by atoms with van der Waals surface area (Å²) in [6, 6.07) is 51.7. The summed E-state index contributed by atoms with van der Waals surface area (Å²) in [5.74, 6) is 28.1. The Labute approximate surface area is 534 Å². The Morgan fingerprint density at radius 3 is 0.943 bits per heavy atom. The van der Waals surface area contributed by atoms with Gasteiger partial charge in [-0.25, -0.2) is 8.42 Å². The van der Waals surface area contributed by atoms with E-state index in [4.69, 9.17) is 28.4 Å². The molecule has 0 bridgehead atoms. The van der Waals surface area contributed by atoms with Crippen LogP contribution < -0.4 is 9.47 Å². The molecular weight excluding hydrogens is 1220 g/mol. The molecule has 0 fully saturated rings. The van der Waals surface area contributed by atoms with Gasteiger partial charge in [-0.1, -0.05) is 74.1 Å². The molecule has 0 atom stereocenters. The van der Waals surface area contributed by atoms with Crippen LogP contribution in [0.5, 0.6) is 11.5 Å². The second-order valence-corrected chi connectivity index (χ2v) is 28.2. The minimum Gasteiger partial charge on any atom is -0.491 e. The van der Waals surface area contributed by atoms with E-state index in [9.17, 15) is 8.42 Å². The van der Waals surface area contributed by atoms with E-state index < -0.39 is 9.84 Å². The SMILES string of the molecule is CCCCOCCOCCOc1ccc(C#Cc2ccc(-c3ccc(-c4ccc(C#Cc5ccc6c(c5)-c5cc(C#Cc7ccc(-c8ccc(-c9ccc(C#Cc%10ccc(OCCOCCOCCCC)cc%10)s9)s8)s7)ccc5S6(=O)=O)s4)s3)s2)cc1. The molecule has 0 radical (unpaired) electrons. The highest BCUT2D eigenvalue weighted by molar-refractivity contribution is 7.92. The first-order valence-electron chi connectivity index (χ1n) is 28.7. The van der Waals surface area contributed by atoms with Gasteiger partial charge in [-0.15, -0.1) is 68.0 Å². The van der Waals surface area contributed by atoms with Crippen molar-refractivity contribution in [1.29, 1.82) is 0 Å². The number of rotatable bonds is 24. The third-order valence-electron chi connectivity index (χ3n) is 13.5. The minimum absolute atomic E-state index is 0.286. The van der Waals surface area contributed by atoms with Crippen LogP contribution in [0.25, 0.3) is 50.1 Å². The lowest BCUT2D eigenvalue weighted by atomic mass is 10.0. The van der Waals surface area contributed by atoms with Gasteiger partial charge < -0.3 is 28.4 Å². The van der Waals surface area contributed by atoms with Gasteiger partial charge in [0.05, 0.1) is 68.9 Å². The fourth-order valence-electron chi connectivity index (χ4n) is 8.96. The van der Waals surface area contributed by atoms with Crippen molar-refractivity contribution in [1.82, 2.24) is 0 Å². The van der Waals surface area contributed by atoms with Crippen LogP contribution in [0.3, 0.4) is 0 Å². The molecule has 0 spiro atoms. The molecule has 10 aromatic rings. The first-order valence-corrected chi connectivity index (χ1v) is 35.1. The minimum atomic E-state index is -3.69. The fourth-order valence-corrected chi connectivity index (χ4v) is 16.4. The summed E-state index contributed by atoms with van der Waals surface area (Å²) in [6.07, 6.45) is 4.41. The van der Waals surface area contributed by atoms with Gasteiger partial charge in [0.1, 0.15) is 24.7 Å². The molecule has 0 saturated heterocycles. The number of hydrogen-bond acceptors (Lipinski definition) is 14. The first kappa shape index (κ1) is 61.4. The lowest BCUT2D eigenvalue weighted by Gasteiger charge is -2.07. The summed E-state index contributed by atoms with van der Waals surface area (Å²) in [5, 5.41) is 0. The number of benzene rings is 4. The highest BCUT2D eigenvalue weighted by Crippen LogP contribution is 2.45. The van der Waals surface area contributed by atoms with E-state index in [1.807, 2.05) is 72.8 Å². The van der Waals surface area contributed by atoms with Gasteiger partial charge in [0, 0.05) is 85.6 Å². The zero-order chi connectivity index (χ0) is 59.6. The van der Waals surface area contributed by atoms with Crippen molar-refractivity contribution >= 4 is 77.9 Å². The Balaban J connectivity index is 0.667. The third-order valence-corrected chi connectivity index (χ3v) is 22.3. The number of thiophene rings is 6. The van der Waals surface area contributed by atoms with E-state index in [-0.39, 0.29) is 9.79 Å². The molecule has 0 N–H and O–H groups in total. The van der Waals surface area contributed by atoms with Gasteiger partial charge in [0.2, 0.25) is 9.84 Å². The molecule has 0 saturated carbocycles. The average Bonchev–Trinajstić information content (AvgIpc) is 1.84. The monoisotopic (exact) mass is 1280 g/mol. The van der Waals surface area contributed by atoms with Crippen LogP contribution in [0.2, 0.25) is 0 Å². The Hall–Kier alpha value is -7.29. The van der Waals surface area contributed by atoms with Gasteiger partial charge in [0.15, 0.2) is 0 Å². The standard InChI is InChI=1S/C72H60O8S7/c1-3-5-39-75-41-43-77-45-47-79-55-17-7-51(8-18-55)11-21-57-25-29-63(81-57)67-33-35-69(85-67)65-31-27-59(83-65)23-13-53-15-37-71-61(49-53)62-50-54(16-38-72(62)87(71,73)74)14-24-60-28-32-66(84-60)70-36-34-68(86-70)64-30-26-58(82-64)22-12-52-9-19-56(20-10-52)80-48-46-78-44-42-76-40-6-4-2/h7-10,15-20,25-38,49-50H,3-6,39-48H2,1-2H3. The van der Waals surface area contributed by atoms with Gasteiger partial charge in [0.25, 0.3) is 0 Å². The second kappa shape index (κ2) is 30.6. The highest BCUT2D eigenvalue weighted by atomic mass is 32.2. The summed E-state index contributed by atoms with van der Waals surface area (Å²) >= 11 is 10.1. The largest absolute Gasteiger partial charge is 0.491 e. The summed E-state index contributed by atoms with van der Waals surface area (Å²) in [7, 11) is -3.69. The van der Waals surface area contributed by atoms with E-state index in [0.717, 1.165) is 102 Å². The van der Waals surface area contributed by atoms with E-state index in [1.165, 1.54) is 29.3 Å². The molecule has 0 unspecified atom stereocenters. The molecule has 8 nitrogen and oxygen atoms in total. The molecule has 1 aliphatic heterocycles. The number of unbranched alkanes of at least 4 members (excludes halogenated alkanes) is 2. The van der Waals surface area contributed by atoms with Crippen molar-refractivity contribution in [3.05, 3.63) is 199 Å². The number of fused-ring (bicyclic) bond motifs is 3. The van der Waals surface area contributed by atoms with Gasteiger partial charge in [-0.3, -0.25) is 0 Å². The molecule has 15 heteroatoms. The van der Waals surface area contributed by atoms with E-state index >= 15 is 0 Å². The van der Waals surface area contributed by atoms with Crippen LogP contribution in [0.4, 0.5) is 0 Å². The van der Waals surface area contributed by atoms with Crippen molar-refractivity contribution in [3.63, 3.8) is 0 Å². The van der Waals surface area contributed by atoms with E-state index in [0.29, 0.717) is 64.0 Å². The van der Waals surface area contributed by atoms with Crippen LogP contribution in [0, 0.1) is 47.4 Å². The number of hydrogen-bond donors (Lipinski definition) is 0. The van der Waals surface area contributed by atoms with Crippen molar-refractivity contribution in [3.8, 4) is 109 Å². The van der Waals surface area contributed by atoms with Crippen molar-refractivity contribution in [2.24, 2.45) is 0 Å². The maximum Gasteiger partial charge on any atom is 0.207 e. The lowest BCUT2D eigenvalue weighted by Crippen LogP contribution is -2.11. The molecule has 11 rings (SSSR count). The predicted octanol–water partition coefficient (Wildman–Crippen LogP) is 17.6. The highest BCUT2D eigenvalue weighted by Gasteiger charge is 2.33. The number of ether oxygens (including phenoxy) is 6. The smallest absolute Gasteiger partial charge is 0.207 e. The van der Waals surface area contributed by atoms with Gasteiger partial charge in [-0.05, 0) is 171 Å². The molecule has 438 valence electrons. The molecule has 1 aliphatic rings. The molecule has 6 aromatic heterocycles. The van der Waals surface area contributed by atoms with Crippen LogP contribution in [-0.2, 0) is 28.8 Å². The van der Waals surface area contributed by atoms with Crippen molar-refractivity contribution in [2.75, 3.05) is 66.1 Å². The quantitative estimate of drug-likeness (QED) is 0.0437. The van der Waals surface area contributed by atoms with Crippen LogP contribution in [0.15, 0.2) is 168 Å². The molecule has 0 amide bonds. The van der Waals surface area contributed by atoms with Crippen LogP contribution >= 0.6 is 68.0 Å². The Bertz CT molecular complexity index is 4060. The summed E-state index contributed by atoms with van der Waals surface area (Å²) in [6.45, 7) is 10.2. The fraction of sp³-hybridized carbons (Fsp3) is 0.222.